The lowest BCUT2D eigenvalue weighted by Crippen LogP contribution is -2.51. The normalized spacial score (nSPS) is 12.6. The number of rotatable bonds is 10. The van der Waals surface area contributed by atoms with Crippen LogP contribution in [0.25, 0.3) is 0 Å². The number of primary amides is 1. The molecule has 29 heavy (non-hydrogen) atoms. The van der Waals surface area contributed by atoms with E-state index >= 15 is 0 Å². The van der Waals surface area contributed by atoms with Crippen molar-refractivity contribution >= 4 is 29.5 Å². The van der Waals surface area contributed by atoms with Gasteiger partial charge in [0, 0.05) is 12.2 Å². The summed E-state index contributed by atoms with van der Waals surface area (Å²) in [6, 6.07) is 3.86. The highest BCUT2D eigenvalue weighted by molar-refractivity contribution is 5.98. The summed E-state index contributed by atoms with van der Waals surface area (Å²) >= 11 is 0. The SMILES string of the molecule is COC(=O)c1ccc(NC(=O)[C@H](CCCNC(N)=O)NC(=O)[C@@H](N)C(C)C)cc1. The number of anilines is 1. The Morgan fingerprint density at radius 2 is 1.69 bits per heavy atom. The van der Waals surface area contributed by atoms with Crippen LogP contribution in [0.15, 0.2) is 24.3 Å². The number of hydrogen-bond acceptors (Lipinski definition) is 6. The molecular formula is C19H29N5O5. The monoisotopic (exact) mass is 407 g/mol. The van der Waals surface area contributed by atoms with E-state index in [2.05, 4.69) is 20.7 Å². The molecule has 10 nitrogen and oxygen atoms in total. The molecule has 0 aliphatic heterocycles. The summed E-state index contributed by atoms with van der Waals surface area (Å²) in [6.07, 6.45) is 0.683. The zero-order chi connectivity index (χ0) is 22.0. The molecule has 0 spiro atoms. The maximum absolute atomic E-state index is 12.7. The molecule has 0 aliphatic rings. The number of carbonyl (C=O) groups excluding carboxylic acids is 4. The van der Waals surface area contributed by atoms with Crippen molar-refractivity contribution in [2.24, 2.45) is 17.4 Å². The summed E-state index contributed by atoms with van der Waals surface area (Å²) in [4.78, 5) is 47.2. The van der Waals surface area contributed by atoms with Crippen LogP contribution in [-0.2, 0) is 14.3 Å². The number of amides is 4. The Balaban J connectivity index is 2.80. The molecule has 160 valence electrons. The highest BCUT2D eigenvalue weighted by Gasteiger charge is 2.25. The van der Waals surface area contributed by atoms with Gasteiger partial charge in [-0.3, -0.25) is 9.59 Å². The van der Waals surface area contributed by atoms with Gasteiger partial charge in [-0.2, -0.15) is 0 Å². The van der Waals surface area contributed by atoms with Gasteiger partial charge < -0.3 is 32.2 Å². The first-order valence-electron chi connectivity index (χ1n) is 9.24. The molecule has 0 radical (unpaired) electrons. The molecular weight excluding hydrogens is 378 g/mol. The summed E-state index contributed by atoms with van der Waals surface area (Å²) < 4.78 is 4.63. The molecule has 4 amide bonds. The quantitative estimate of drug-likeness (QED) is 0.277. The van der Waals surface area contributed by atoms with E-state index < -0.39 is 35.9 Å². The lowest BCUT2D eigenvalue weighted by molar-refractivity contribution is -0.128. The van der Waals surface area contributed by atoms with Gasteiger partial charge >= 0.3 is 12.0 Å². The van der Waals surface area contributed by atoms with Crippen LogP contribution in [0.1, 0.15) is 37.0 Å². The van der Waals surface area contributed by atoms with Crippen LogP contribution in [0.2, 0.25) is 0 Å². The van der Waals surface area contributed by atoms with Crippen molar-refractivity contribution in [3.63, 3.8) is 0 Å². The average Bonchev–Trinajstić information content (AvgIpc) is 2.68. The van der Waals surface area contributed by atoms with Crippen LogP contribution in [0, 0.1) is 5.92 Å². The van der Waals surface area contributed by atoms with Gasteiger partial charge in [0.2, 0.25) is 11.8 Å². The van der Waals surface area contributed by atoms with Gasteiger partial charge in [0.15, 0.2) is 0 Å². The Morgan fingerprint density at radius 3 is 2.21 bits per heavy atom. The van der Waals surface area contributed by atoms with Crippen molar-refractivity contribution in [2.75, 3.05) is 19.0 Å². The molecule has 0 bridgehead atoms. The van der Waals surface area contributed by atoms with Crippen LogP contribution in [-0.4, -0.2) is 49.6 Å². The number of benzene rings is 1. The van der Waals surface area contributed by atoms with Crippen LogP contribution < -0.4 is 27.4 Å². The molecule has 0 aromatic heterocycles. The maximum Gasteiger partial charge on any atom is 0.337 e. The van der Waals surface area contributed by atoms with Crippen molar-refractivity contribution in [1.82, 2.24) is 10.6 Å². The highest BCUT2D eigenvalue weighted by Crippen LogP contribution is 2.12. The molecule has 1 aromatic carbocycles. The van der Waals surface area contributed by atoms with Crippen molar-refractivity contribution in [3.05, 3.63) is 29.8 Å². The average molecular weight is 407 g/mol. The van der Waals surface area contributed by atoms with E-state index in [-0.39, 0.29) is 18.9 Å². The highest BCUT2D eigenvalue weighted by atomic mass is 16.5. The molecule has 1 aromatic rings. The molecule has 0 saturated carbocycles. The number of esters is 1. The summed E-state index contributed by atoms with van der Waals surface area (Å²) in [6.45, 7) is 3.87. The maximum atomic E-state index is 12.7. The standard InChI is InChI=1S/C19H29N5O5/c1-11(2)15(20)17(26)24-14(5-4-10-22-19(21)28)16(25)23-13-8-6-12(7-9-13)18(27)29-3/h6-9,11,14-15H,4-5,10,20H2,1-3H3,(H,23,25)(H,24,26)(H3,21,22,28)/t14-,15-/m0/s1. The van der Waals surface area contributed by atoms with E-state index in [4.69, 9.17) is 11.5 Å². The smallest absolute Gasteiger partial charge is 0.337 e. The summed E-state index contributed by atoms with van der Waals surface area (Å²) in [7, 11) is 1.28. The minimum absolute atomic E-state index is 0.0962. The zero-order valence-electron chi connectivity index (χ0n) is 16.9. The van der Waals surface area contributed by atoms with Crippen LogP contribution >= 0.6 is 0 Å². The summed E-state index contributed by atoms with van der Waals surface area (Å²) in [5.74, 6) is -1.47. The Morgan fingerprint density at radius 1 is 1.07 bits per heavy atom. The van der Waals surface area contributed by atoms with Crippen LogP contribution in [0.3, 0.4) is 0 Å². The predicted octanol–water partition coefficient (Wildman–Crippen LogP) is 0.328. The molecule has 10 heteroatoms. The molecule has 0 aliphatic carbocycles. The molecule has 7 N–H and O–H groups in total. The molecule has 2 atom stereocenters. The Hall–Kier alpha value is -3.14. The third kappa shape index (κ3) is 8.18. The van der Waals surface area contributed by atoms with E-state index in [9.17, 15) is 19.2 Å². The van der Waals surface area contributed by atoms with Crippen molar-refractivity contribution in [2.45, 2.75) is 38.8 Å². The lowest BCUT2D eigenvalue weighted by Gasteiger charge is -2.22. The molecule has 0 fully saturated rings. The van der Waals surface area contributed by atoms with Gasteiger partial charge in [-0.25, -0.2) is 9.59 Å². The summed E-state index contributed by atoms with van der Waals surface area (Å²) in [5.41, 5.74) is 11.7. The summed E-state index contributed by atoms with van der Waals surface area (Å²) in [5, 5.41) is 7.77. The van der Waals surface area contributed by atoms with Crippen molar-refractivity contribution < 1.29 is 23.9 Å². The van der Waals surface area contributed by atoms with Crippen LogP contribution in [0.4, 0.5) is 10.5 Å². The van der Waals surface area contributed by atoms with E-state index in [0.29, 0.717) is 17.7 Å². The number of hydrogen-bond donors (Lipinski definition) is 5. The number of carbonyl (C=O) groups is 4. The van der Waals surface area contributed by atoms with E-state index in [1.165, 1.54) is 19.2 Å². The minimum Gasteiger partial charge on any atom is -0.465 e. The van der Waals surface area contributed by atoms with E-state index in [0.717, 1.165) is 0 Å². The van der Waals surface area contributed by atoms with Gasteiger partial charge in [0.1, 0.15) is 6.04 Å². The Kier molecular flexibility index (Phi) is 9.60. The van der Waals surface area contributed by atoms with Gasteiger partial charge in [-0.15, -0.1) is 0 Å². The molecule has 0 heterocycles. The second-order valence-electron chi connectivity index (χ2n) is 6.82. The number of nitrogens with two attached hydrogens (primary N) is 2. The zero-order valence-corrected chi connectivity index (χ0v) is 16.9. The lowest BCUT2D eigenvalue weighted by atomic mass is 10.0. The number of ether oxygens (including phenoxy) is 1. The number of nitrogens with one attached hydrogen (secondary N) is 3. The third-order valence-corrected chi connectivity index (χ3v) is 4.20. The van der Waals surface area contributed by atoms with E-state index in [1.54, 1.807) is 26.0 Å². The van der Waals surface area contributed by atoms with Crippen LogP contribution in [0.5, 0.6) is 0 Å². The molecule has 0 saturated heterocycles. The van der Waals surface area contributed by atoms with E-state index in [1.807, 2.05) is 0 Å². The topological polar surface area (TPSA) is 166 Å². The fraction of sp³-hybridized carbons (Fsp3) is 0.474. The fourth-order valence-corrected chi connectivity index (χ4v) is 2.39. The largest absolute Gasteiger partial charge is 0.465 e. The van der Waals surface area contributed by atoms with Gasteiger partial charge in [0.05, 0.1) is 18.7 Å². The predicted molar refractivity (Wildman–Crippen MR) is 108 cm³/mol. The Bertz CT molecular complexity index is 720. The fourth-order valence-electron chi connectivity index (χ4n) is 2.39. The number of urea groups is 1. The van der Waals surface area contributed by atoms with Gasteiger partial charge in [-0.1, -0.05) is 13.8 Å². The molecule has 1 rings (SSSR count). The minimum atomic E-state index is -0.859. The van der Waals surface area contributed by atoms with Crippen molar-refractivity contribution in [1.29, 1.82) is 0 Å². The first-order valence-corrected chi connectivity index (χ1v) is 9.24. The first-order chi connectivity index (χ1) is 13.6. The second-order valence-corrected chi connectivity index (χ2v) is 6.82. The second kappa shape index (κ2) is 11.6. The van der Waals surface area contributed by atoms with Crippen molar-refractivity contribution in [3.8, 4) is 0 Å². The first kappa shape index (κ1) is 23.9. The third-order valence-electron chi connectivity index (χ3n) is 4.20. The van der Waals surface area contributed by atoms with Gasteiger partial charge in [0.25, 0.3) is 0 Å². The van der Waals surface area contributed by atoms with Gasteiger partial charge in [-0.05, 0) is 43.0 Å². The molecule has 0 unspecified atom stereocenters. The Labute approximate surface area is 169 Å². The number of methoxy groups -OCH3 is 1.